The third kappa shape index (κ3) is 4.22. The van der Waals surface area contributed by atoms with Crippen LogP contribution < -0.4 is 9.64 Å². The number of hydrogen-bond donors (Lipinski definition) is 1. The minimum absolute atomic E-state index is 0.0130. The molecule has 0 radical (unpaired) electrons. The highest BCUT2D eigenvalue weighted by molar-refractivity contribution is 5.95. The molecule has 138 valence electrons. The van der Waals surface area contributed by atoms with E-state index >= 15 is 0 Å². The molecule has 0 aromatic heterocycles. The van der Waals surface area contributed by atoms with Crippen LogP contribution in [0.4, 0.5) is 5.69 Å². The zero-order valence-corrected chi connectivity index (χ0v) is 15.4. The summed E-state index contributed by atoms with van der Waals surface area (Å²) >= 11 is 0. The second-order valence-electron chi connectivity index (χ2n) is 6.36. The van der Waals surface area contributed by atoms with Gasteiger partial charge in [0.15, 0.2) is 0 Å². The van der Waals surface area contributed by atoms with Crippen molar-refractivity contribution in [2.75, 3.05) is 52.3 Å². The summed E-state index contributed by atoms with van der Waals surface area (Å²) in [5.74, 6) is 0.625. The van der Waals surface area contributed by atoms with Gasteiger partial charge in [0.1, 0.15) is 12.4 Å². The van der Waals surface area contributed by atoms with Gasteiger partial charge in [0.25, 0.3) is 5.91 Å². The number of amides is 2. The highest BCUT2D eigenvalue weighted by Crippen LogP contribution is 2.34. The first-order chi connectivity index (χ1) is 11.9. The van der Waals surface area contributed by atoms with E-state index in [0.717, 1.165) is 5.69 Å². The lowest BCUT2D eigenvalue weighted by atomic mass is 10.1. The third-order valence-corrected chi connectivity index (χ3v) is 4.49. The van der Waals surface area contributed by atoms with E-state index in [1.165, 1.54) is 4.90 Å². The zero-order chi connectivity index (χ0) is 18.6. The molecule has 7 heteroatoms. The van der Waals surface area contributed by atoms with Gasteiger partial charge in [-0.3, -0.25) is 9.59 Å². The predicted octanol–water partition coefficient (Wildman–Crippen LogP) is 0.816. The first-order valence-electron chi connectivity index (χ1n) is 8.49. The molecule has 2 amide bonds. The minimum atomic E-state index is -0.113. The van der Waals surface area contributed by atoms with Gasteiger partial charge in [-0.1, -0.05) is 0 Å². The molecule has 0 saturated carbocycles. The molecule has 1 N–H and O–H groups in total. The molecule has 0 spiro atoms. The van der Waals surface area contributed by atoms with Crippen molar-refractivity contribution in [2.45, 2.75) is 19.4 Å². The number of fused-ring (bicyclic) bond motifs is 1. The van der Waals surface area contributed by atoms with Crippen LogP contribution in [0.2, 0.25) is 0 Å². The Bertz CT molecular complexity index is 633. The number of hydrogen-bond acceptors (Lipinski definition) is 5. The molecule has 1 aromatic carbocycles. The average molecular weight is 349 g/mol. The molecule has 25 heavy (non-hydrogen) atoms. The summed E-state index contributed by atoms with van der Waals surface area (Å²) in [6.07, 6.45) is 0.301. The Kier molecular flexibility index (Phi) is 6.25. The van der Waals surface area contributed by atoms with Gasteiger partial charge < -0.3 is 24.5 Å². The number of carbonyl (C=O) groups excluding carboxylic acids is 2. The van der Waals surface area contributed by atoms with E-state index in [0.29, 0.717) is 37.4 Å². The molecule has 7 nitrogen and oxygen atoms in total. The Morgan fingerprint density at radius 3 is 2.68 bits per heavy atom. The van der Waals surface area contributed by atoms with Crippen LogP contribution in [-0.2, 0) is 4.79 Å². The standard InChI is InChI=1S/C18H27N3O4/c1-5-21(8-9-22)17(23)11-14-12-25-16-7-6-13(18(24)19(2)3)10-15(16)20(14)4/h6-7,10,14,22H,5,8-9,11-12H2,1-4H3. The number of aliphatic hydroxyl groups is 1. The number of aliphatic hydroxyl groups excluding tert-OH is 1. The lowest BCUT2D eigenvalue weighted by Gasteiger charge is -2.36. The molecule has 0 aliphatic carbocycles. The van der Waals surface area contributed by atoms with E-state index in [2.05, 4.69) is 0 Å². The molecule has 0 fully saturated rings. The van der Waals surface area contributed by atoms with Crippen LogP contribution in [0.15, 0.2) is 18.2 Å². The van der Waals surface area contributed by atoms with Gasteiger partial charge in [-0.2, -0.15) is 0 Å². The largest absolute Gasteiger partial charge is 0.489 e. The maximum atomic E-state index is 12.4. The van der Waals surface area contributed by atoms with Gasteiger partial charge in [-0.15, -0.1) is 0 Å². The fourth-order valence-corrected chi connectivity index (χ4v) is 2.91. The van der Waals surface area contributed by atoms with Crippen molar-refractivity contribution in [3.8, 4) is 5.75 Å². The fourth-order valence-electron chi connectivity index (χ4n) is 2.91. The van der Waals surface area contributed by atoms with Crippen molar-refractivity contribution < 1.29 is 19.4 Å². The van der Waals surface area contributed by atoms with Gasteiger partial charge >= 0.3 is 0 Å². The van der Waals surface area contributed by atoms with Crippen LogP contribution in [0.1, 0.15) is 23.7 Å². The number of anilines is 1. The Hall–Kier alpha value is -2.28. The molecule has 0 saturated heterocycles. The smallest absolute Gasteiger partial charge is 0.253 e. The summed E-state index contributed by atoms with van der Waals surface area (Å²) in [6.45, 7) is 3.16. The van der Waals surface area contributed by atoms with Crippen molar-refractivity contribution in [2.24, 2.45) is 0 Å². The summed E-state index contributed by atoms with van der Waals surface area (Å²) in [5, 5.41) is 9.07. The van der Waals surface area contributed by atoms with Gasteiger partial charge in [0, 0.05) is 39.8 Å². The number of likely N-dealkylation sites (N-methyl/N-ethyl adjacent to an activating group) is 2. The van der Waals surface area contributed by atoms with Gasteiger partial charge in [-0.05, 0) is 25.1 Å². The molecule has 1 aliphatic heterocycles. The van der Waals surface area contributed by atoms with Gasteiger partial charge in [0.2, 0.25) is 5.91 Å². The summed E-state index contributed by atoms with van der Waals surface area (Å²) in [7, 11) is 5.33. The Balaban J connectivity index is 2.16. The summed E-state index contributed by atoms with van der Waals surface area (Å²) in [6, 6.07) is 5.24. The average Bonchev–Trinajstić information content (AvgIpc) is 2.60. The minimum Gasteiger partial charge on any atom is -0.489 e. The van der Waals surface area contributed by atoms with E-state index in [1.807, 2.05) is 18.9 Å². The monoisotopic (exact) mass is 349 g/mol. The van der Waals surface area contributed by atoms with E-state index in [9.17, 15) is 9.59 Å². The first-order valence-corrected chi connectivity index (χ1v) is 8.49. The number of nitrogens with zero attached hydrogens (tertiary/aromatic N) is 3. The molecule has 1 aliphatic rings. The highest BCUT2D eigenvalue weighted by atomic mass is 16.5. The van der Waals surface area contributed by atoms with Crippen molar-refractivity contribution >= 4 is 17.5 Å². The normalized spacial score (nSPS) is 16.0. The van der Waals surface area contributed by atoms with Crippen LogP contribution in [0.5, 0.6) is 5.75 Å². The number of ether oxygens (including phenoxy) is 1. The lowest BCUT2D eigenvalue weighted by molar-refractivity contribution is -0.132. The molecule has 1 atom stereocenters. The zero-order valence-electron chi connectivity index (χ0n) is 15.4. The van der Waals surface area contributed by atoms with E-state index in [4.69, 9.17) is 9.84 Å². The fraction of sp³-hybridized carbons (Fsp3) is 0.556. The molecule has 1 unspecified atom stereocenters. The summed E-state index contributed by atoms with van der Waals surface area (Å²) < 4.78 is 5.79. The highest BCUT2D eigenvalue weighted by Gasteiger charge is 2.29. The van der Waals surface area contributed by atoms with Crippen LogP contribution in [0.3, 0.4) is 0 Å². The maximum Gasteiger partial charge on any atom is 0.253 e. The van der Waals surface area contributed by atoms with Crippen molar-refractivity contribution in [1.29, 1.82) is 0 Å². The molecule has 1 aromatic rings. The van der Waals surface area contributed by atoms with Crippen LogP contribution in [0, 0.1) is 0 Å². The predicted molar refractivity (Wildman–Crippen MR) is 96.1 cm³/mol. The van der Waals surface area contributed by atoms with E-state index in [-0.39, 0.29) is 24.5 Å². The number of benzene rings is 1. The van der Waals surface area contributed by atoms with E-state index in [1.54, 1.807) is 37.2 Å². The maximum absolute atomic E-state index is 12.4. The topological polar surface area (TPSA) is 73.3 Å². The summed E-state index contributed by atoms with van der Waals surface area (Å²) in [5.41, 5.74) is 1.39. The van der Waals surface area contributed by atoms with Gasteiger partial charge in [-0.25, -0.2) is 0 Å². The Morgan fingerprint density at radius 2 is 2.08 bits per heavy atom. The van der Waals surface area contributed by atoms with Crippen LogP contribution in [0.25, 0.3) is 0 Å². The number of rotatable bonds is 6. The van der Waals surface area contributed by atoms with Crippen molar-refractivity contribution in [1.82, 2.24) is 9.80 Å². The second-order valence-corrected chi connectivity index (χ2v) is 6.36. The van der Waals surface area contributed by atoms with E-state index < -0.39 is 0 Å². The van der Waals surface area contributed by atoms with Crippen molar-refractivity contribution in [3.63, 3.8) is 0 Å². The molecule has 1 heterocycles. The molecule has 2 rings (SSSR count). The Morgan fingerprint density at radius 1 is 1.36 bits per heavy atom. The Labute approximate surface area is 148 Å². The van der Waals surface area contributed by atoms with Crippen LogP contribution in [-0.4, -0.2) is 80.2 Å². The van der Waals surface area contributed by atoms with Crippen molar-refractivity contribution in [3.05, 3.63) is 23.8 Å². The first kappa shape index (κ1) is 19.1. The molecule has 0 bridgehead atoms. The second kappa shape index (κ2) is 8.20. The summed E-state index contributed by atoms with van der Waals surface area (Å²) in [4.78, 5) is 29.8. The van der Waals surface area contributed by atoms with Crippen LogP contribution >= 0.6 is 0 Å². The lowest BCUT2D eigenvalue weighted by Crippen LogP contribution is -2.45. The molecular formula is C18H27N3O4. The van der Waals surface area contributed by atoms with Gasteiger partial charge in [0.05, 0.1) is 24.8 Å². The SMILES string of the molecule is CCN(CCO)C(=O)CC1COc2ccc(C(=O)N(C)C)cc2N1C. The molecular weight excluding hydrogens is 322 g/mol. The number of carbonyl (C=O) groups is 2. The third-order valence-electron chi connectivity index (χ3n) is 4.49. The quantitative estimate of drug-likeness (QED) is 0.823.